The Labute approximate surface area is 193 Å². The fourth-order valence-corrected chi connectivity index (χ4v) is 4.59. The van der Waals surface area contributed by atoms with Crippen LogP contribution in [0.3, 0.4) is 0 Å². The van der Waals surface area contributed by atoms with Gasteiger partial charge >= 0.3 is 0 Å². The Balaban J connectivity index is 1.81. The molecule has 0 aliphatic rings. The molecule has 0 unspecified atom stereocenters. The van der Waals surface area contributed by atoms with E-state index in [4.69, 9.17) is 0 Å². The van der Waals surface area contributed by atoms with E-state index in [1.165, 1.54) is 115 Å². The quantitative estimate of drug-likeness (QED) is 0.159. The summed E-state index contributed by atoms with van der Waals surface area (Å²) in [5.74, 6) is 1.56. The van der Waals surface area contributed by atoms with Gasteiger partial charge < -0.3 is 0 Å². The second-order valence-corrected chi connectivity index (χ2v) is 9.33. The van der Waals surface area contributed by atoms with Crippen LogP contribution in [0, 0.1) is 0 Å². The van der Waals surface area contributed by atoms with Gasteiger partial charge in [0.1, 0.15) is 12.4 Å². The molecule has 174 valence electrons. The summed E-state index contributed by atoms with van der Waals surface area (Å²) in [4.78, 5) is 0. The molecule has 1 aromatic heterocycles. The van der Waals surface area contributed by atoms with Crippen LogP contribution >= 0.6 is 0 Å². The Morgan fingerprint density at radius 3 is 1.94 bits per heavy atom. The van der Waals surface area contributed by atoms with E-state index in [-0.39, 0.29) is 0 Å². The third kappa shape index (κ3) is 11.0. The first-order valence-electron chi connectivity index (χ1n) is 13.5. The smallest absolute Gasteiger partial charge is 0.234 e. The number of benzene rings is 1. The molecular weight excluding hydrogens is 376 g/mol. The molecule has 2 aromatic rings. The van der Waals surface area contributed by atoms with Crippen LogP contribution in [-0.2, 0) is 25.9 Å². The third-order valence-corrected chi connectivity index (χ3v) is 6.55. The molecule has 0 aliphatic heterocycles. The van der Waals surface area contributed by atoms with Crippen LogP contribution in [0.1, 0.15) is 115 Å². The van der Waals surface area contributed by atoms with E-state index < -0.39 is 0 Å². The highest BCUT2D eigenvalue weighted by Crippen LogP contribution is 2.12. The molecule has 0 saturated carbocycles. The van der Waals surface area contributed by atoms with Gasteiger partial charge in [0.15, 0.2) is 0 Å². The van der Waals surface area contributed by atoms with Crippen molar-refractivity contribution < 1.29 is 4.57 Å². The Kier molecular flexibility index (Phi) is 14.1. The molecule has 0 bridgehead atoms. The van der Waals surface area contributed by atoms with Crippen molar-refractivity contribution in [2.75, 3.05) is 0 Å². The van der Waals surface area contributed by atoms with Gasteiger partial charge in [0, 0.05) is 6.42 Å². The summed E-state index contributed by atoms with van der Waals surface area (Å²) in [6.07, 6.45) is 26.3. The van der Waals surface area contributed by atoms with Crippen LogP contribution in [0.2, 0.25) is 0 Å². The van der Waals surface area contributed by atoms with Crippen LogP contribution in [0.25, 0.3) is 0 Å². The predicted molar refractivity (Wildman–Crippen MR) is 134 cm³/mol. The number of hydrogen-bond donors (Lipinski definition) is 0. The van der Waals surface area contributed by atoms with Crippen LogP contribution in [-0.4, -0.2) is 4.57 Å². The van der Waals surface area contributed by atoms with Gasteiger partial charge in [-0.15, -0.1) is 0 Å². The number of aryl methyl sites for hydroxylation is 3. The fourth-order valence-electron chi connectivity index (χ4n) is 4.59. The molecule has 0 aliphatic carbocycles. The van der Waals surface area contributed by atoms with Gasteiger partial charge in [-0.2, -0.15) is 0 Å². The highest BCUT2D eigenvalue weighted by molar-refractivity contribution is 5.14. The van der Waals surface area contributed by atoms with E-state index in [0.29, 0.717) is 0 Å². The molecule has 0 fully saturated rings. The van der Waals surface area contributed by atoms with E-state index >= 15 is 0 Å². The van der Waals surface area contributed by atoms with E-state index in [1.807, 2.05) is 0 Å². The standard InChI is InChI=1S/C29H49N2/c1-3-5-7-9-11-13-18-24-30-26-27-31(25-19-22-28-20-15-14-16-21-28)29(30)23-17-12-10-8-6-4-2/h14-16,20-21,26-27H,3-13,17-19,22-25H2,1-2H3/q+1. The van der Waals surface area contributed by atoms with Crippen molar-refractivity contribution in [3.63, 3.8) is 0 Å². The molecule has 31 heavy (non-hydrogen) atoms. The Bertz CT molecular complexity index is 659. The number of hydrogen-bond acceptors (Lipinski definition) is 0. The van der Waals surface area contributed by atoms with Crippen molar-refractivity contribution in [3.8, 4) is 0 Å². The first-order chi connectivity index (χ1) is 15.3. The zero-order valence-electron chi connectivity index (χ0n) is 20.7. The van der Waals surface area contributed by atoms with Crippen LogP contribution in [0.15, 0.2) is 42.7 Å². The average molecular weight is 426 g/mol. The summed E-state index contributed by atoms with van der Waals surface area (Å²) < 4.78 is 5.12. The minimum Gasteiger partial charge on any atom is -0.234 e. The van der Waals surface area contributed by atoms with Gasteiger partial charge in [0.25, 0.3) is 5.82 Å². The molecule has 2 nitrogen and oxygen atoms in total. The normalized spacial score (nSPS) is 11.3. The fraction of sp³-hybridized carbons (Fsp3) is 0.690. The van der Waals surface area contributed by atoms with Gasteiger partial charge in [0.2, 0.25) is 0 Å². The first kappa shape index (κ1) is 25.7. The lowest BCUT2D eigenvalue weighted by atomic mass is 10.1. The summed E-state index contributed by atoms with van der Waals surface area (Å²) >= 11 is 0. The lowest BCUT2D eigenvalue weighted by Crippen LogP contribution is -2.37. The van der Waals surface area contributed by atoms with Gasteiger partial charge in [-0.1, -0.05) is 108 Å². The van der Waals surface area contributed by atoms with Crippen molar-refractivity contribution in [2.45, 2.75) is 130 Å². The van der Waals surface area contributed by atoms with E-state index in [2.05, 4.69) is 65.7 Å². The van der Waals surface area contributed by atoms with Crippen molar-refractivity contribution in [1.29, 1.82) is 0 Å². The maximum absolute atomic E-state index is 2.57. The number of rotatable bonds is 19. The molecule has 0 atom stereocenters. The molecule has 0 amide bonds. The van der Waals surface area contributed by atoms with Crippen molar-refractivity contribution >= 4 is 0 Å². The second kappa shape index (κ2) is 17.0. The molecule has 2 heteroatoms. The van der Waals surface area contributed by atoms with E-state index in [1.54, 1.807) is 5.82 Å². The minimum absolute atomic E-state index is 1.14. The van der Waals surface area contributed by atoms with Crippen LogP contribution < -0.4 is 4.57 Å². The van der Waals surface area contributed by atoms with Crippen LogP contribution in [0.5, 0.6) is 0 Å². The largest absolute Gasteiger partial charge is 0.256 e. The molecule has 1 heterocycles. The Hall–Kier alpha value is -1.57. The molecule has 0 spiro atoms. The molecular formula is C29H49N2+. The number of unbranched alkanes of at least 4 members (excludes halogenated alkanes) is 11. The van der Waals surface area contributed by atoms with Crippen molar-refractivity contribution in [1.82, 2.24) is 4.57 Å². The maximum atomic E-state index is 2.57. The molecule has 0 N–H and O–H groups in total. The van der Waals surface area contributed by atoms with Crippen molar-refractivity contribution in [3.05, 3.63) is 54.1 Å². The first-order valence-corrected chi connectivity index (χ1v) is 13.5. The predicted octanol–water partition coefficient (Wildman–Crippen LogP) is 8.06. The zero-order valence-corrected chi connectivity index (χ0v) is 20.7. The molecule has 1 aromatic carbocycles. The number of aromatic nitrogens is 2. The van der Waals surface area contributed by atoms with Crippen molar-refractivity contribution in [2.24, 2.45) is 0 Å². The Morgan fingerprint density at radius 1 is 0.645 bits per heavy atom. The number of imidazole rings is 1. The molecule has 0 radical (unpaired) electrons. The highest BCUT2D eigenvalue weighted by Gasteiger charge is 2.16. The zero-order chi connectivity index (χ0) is 22.0. The highest BCUT2D eigenvalue weighted by atomic mass is 15.1. The van der Waals surface area contributed by atoms with Crippen LogP contribution in [0.4, 0.5) is 0 Å². The number of nitrogens with zero attached hydrogens (tertiary/aromatic N) is 2. The lowest BCUT2D eigenvalue weighted by Gasteiger charge is -2.07. The Morgan fingerprint density at radius 2 is 1.26 bits per heavy atom. The average Bonchev–Trinajstić information content (AvgIpc) is 3.18. The topological polar surface area (TPSA) is 8.81 Å². The summed E-state index contributed by atoms with van der Waals surface area (Å²) in [5, 5.41) is 0. The summed E-state index contributed by atoms with van der Waals surface area (Å²) in [5.41, 5.74) is 1.46. The monoisotopic (exact) mass is 425 g/mol. The van der Waals surface area contributed by atoms with E-state index in [0.717, 1.165) is 6.54 Å². The maximum Gasteiger partial charge on any atom is 0.256 e. The van der Waals surface area contributed by atoms with Gasteiger partial charge in [0.05, 0.1) is 13.1 Å². The van der Waals surface area contributed by atoms with E-state index in [9.17, 15) is 0 Å². The molecule has 0 saturated heterocycles. The van der Waals surface area contributed by atoms with Gasteiger partial charge in [-0.3, -0.25) is 0 Å². The molecule has 2 rings (SSSR count). The SMILES string of the molecule is CCCCCCCCCn1cc[n+](CCCc2ccccc2)c1CCCCCCCC. The minimum atomic E-state index is 1.14. The second-order valence-electron chi connectivity index (χ2n) is 9.33. The summed E-state index contributed by atoms with van der Waals surface area (Å²) in [6.45, 7) is 6.94. The summed E-state index contributed by atoms with van der Waals surface area (Å²) in [7, 11) is 0. The lowest BCUT2D eigenvalue weighted by molar-refractivity contribution is -0.704. The van der Waals surface area contributed by atoms with Gasteiger partial charge in [-0.25, -0.2) is 9.13 Å². The third-order valence-electron chi connectivity index (χ3n) is 6.55. The summed E-state index contributed by atoms with van der Waals surface area (Å²) in [6, 6.07) is 10.9. The van der Waals surface area contributed by atoms with Gasteiger partial charge in [-0.05, 0) is 37.7 Å².